The monoisotopic (exact) mass is 181 g/mol. The van der Waals surface area contributed by atoms with E-state index in [-0.39, 0.29) is 11.7 Å². The summed E-state index contributed by atoms with van der Waals surface area (Å²) in [6, 6.07) is 0. The minimum absolute atomic E-state index is 0.0693. The van der Waals surface area contributed by atoms with Gasteiger partial charge in [-0.1, -0.05) is 13.8 Å². The highest BCUT2D eigenvalue weighted by atomic mass is 32.1. The smallest absolute Gasteiger partial charge is 0.158 e. The van der Waals surface area contributed by atoms with Crippen molar-refractivity contribution in [2.24, 2.45) is 5.92 Å². The van der Waals surface area contributed by atoms with Gasteiger partial charge in [0.1, 0.15) is 0 Å². The molecule has 0 aliphatic carbocycles. The zero-order chi connectivity index (χ0) is 8.97. The Morgan fingerprint density at radius 3 is 2.92 bits per heavy atom. The fraction of sp³-hybridized carbons (Fsp3) is 0.333. The molecule has 1 aromatic rings. The fourth-order valence-electron chi connectivity index (χ4n) is 0.664. The minimum Gasteiger partial charge on any atom is -0.295 e. The van der Waals surface area contributed by atoms with Crippen LogP contribution >= 0.6 is 11.3 Å². The lowest BCUT2D eigenvalue weighted by atomic mass is 10.1. The van der Waals surface area contributed by atoms with Crippen molar-refractivity contribution < 1.29 is 4.79 Å². The van der Waals surface area contributed by atoms with Crippen molar-refractivity contribution in [3.8, 4) is 0 Å². The van der Waals surface area contributed by atoms with E-state index >= 15 is 0 Å². The molecule has 0 amide bonds. The lowest BCUT2D eigenvalue weighted by molar-refractivity contribution is -0.117. The Hall–Kier alpha value is -0.960. The first-order valence-corrected chi connectivity index (χ1v) is 4.74. The molecule has 0 spiro atoms. The van der Waals surface area contributed by atoms with Gasteiger partial charge in [0.2, 0.25) is 0 Å². The molecule has 2 nitrogen and oxygen atoms in total. The Labute approximate surface area is 76.0 Å². The molecule has 0 fully saturated rings. The third-order valence-corrected chi connectivity index (χ3v) is 2.04. The van der Waals surface area contributed by atoms with E-state index in [0.29, 0.717) is 0 Å². The van der Waals surface area contributed by atoms with Crippen molar-refractivity contribution in [1.82, 2.24) is 4.98 Å². The van der Waals surface area contributed by atoms with Crippen LogP contribution in [-0.4, -0.2) is 10.8 Å². The highest BCUT2D eigenvalue weighted by Crippen LogP contribution is 2.04. The van der Waals surface area contributed by atoms with Crippen LogP contribution in [0.25, 0.3) is 6.08 Å². The molecule has 0 saturated heterocycles. The molecule has 0 aliphatic rings. The van der Waals surface area contributed by atoms with Crippen LogP contribution < -0.4 is 0 Å². The zero-order valence-corrected chi connectivity index (χ0v) is 7.97. The molecule has 12 heavy (non-hydrogen) atoms. The zero-order valence-electron chi connectivity index (χ0n) is 7.15. The third kappa shape index (κ3) is 2.58. The Balaban J connectivity index is 2.57. The highest BCUT2D eigenvalue weighted by molar-refractivity contribution is 7.07. The molecule has 0 radical (unpaired) electrons. The van der Waals surface area contributed by atoms with Crippen molar-refractivity contribution >= 4 is 23.2 Å². The SMILES string of the molecule is CC(C)C(=O)/C=C/c1cscn1. The highest BCUT2D eigenvalue weighted by Gasteiger charge is 2.01. The summed E-state index contributed by atoms with van der Waals surface area (Å²) in [6.45, 7) is 3.77. The Morgan fingerprint density at radius 2 is 2.42 bits per heavy atom. The first kappa shape index (κ1) is 9.13. The van der Waals surface area contributed by atoms with Crippen LogP contribution in [-0.2, 0) is 4.79 Å². The van der Waals surface area contributed by atoms with E-state index in [1.54, 1.807) is 17.7 Å². The number of carbonyl (C=O) groups excluding carboxylic acids is 1. The Morgan fingerprint density at radius 1 is 1.67 bits per heavy atom. The van der Waals surface area contributed by atoms with E-state index in [9.17, 15) is 4.79 Å². The van der Waals surface area contributed by atoms with E-state index in [4.69, 9.17) is 0 Å². The molecule has 1 heterocycles. The molecule has 0 aromatic carbocycles. The molecule has 0 saturated carbocycles. The van der Waals surface area contributed by atoms with E-state index in [1.165, 1.54) is 11.3 Å². The van der Waals surface area contributed by atoms with Gasteiger partial charge in [0.15, 0.2) is 5.78 Å². The van der Waals surface area contributed by atoms with Gasteiger partial charge in [-0.2, -0.15) is 0 Å². The quantitative estimate of drug-likeness (QED) is 0.670. The Kier molecular flexibility index (Phi) is 3.17. The summed E-state index contributed by atoms with van der Waals surface area (Å²) in [6.07, 6.45) is 3.33. The normalized spacial score (nSPS) is 11.2. The second-order valence-electron chi connectivity index (χ2n) is 2.80. The van der Waals surface area contributed by atoms with Gasteiger partial charge in [-0.3, -0.25) is 4.79 Å². The van der Waals surface area contributed by atoms with Gasteiger partial charge in [0, 0.05) is 11.3 Å². The molecule has 0 bridgehead atoms. The number of ketones is 1. The number of nitrogens with zero attached hydrogens (tertiary/aromatic N) is 1. The minimum atomic E-state index is 0.0693. The van der Waals surface area contributed by atoms with E-state index in [0.717, 1.165) is 5.69 Å². The fourth-order valence-corrected chi connectivity index (χ4v) is 1.19. The molecule has 3 heteroatoms. The second-order valence-corrected chi connectivity index (χ2v) is 3.52. The summed E-state index contributed by atoms with van der Waals surface area (Å²) in [5.74, 6) is 0.211. The van der Waals surface area contributed by atoms with Crippen LogP contribution in [0, 0.1) is 5.92 Å². The maximum Gasteiger partial charge on any atom is 0.158 e. The number of carbonyl (C=O) groups is 1. The summed E-state index contributed by atoms with van der Waals surface area (Å²) in [4.78, 5) is 15.2. The third-order valence-electron chi connectivity index (χ3n) is 1.44. The first-order chi connectivity index (χ1) is 5.70. The van der Waals surface area contributed by atoms with Crippen molar-refractivity contribution in [3.05, 3.63) is 22.7 Å². The lowest BCUT2D eigenvalue weighted by Gasteiger charge is -1.94. The van der Waals surface area contributed by atoms with Crippen LogP contribution in [0.15, 0.2) is 17.0 Å². The topological polar surface area (TPSA) is 30.0 Å². The van der Waals surface area contributed by atoms with Gasteiger partial charge in [0.25, 0.3) is 0 Å². The van der Waals surface area contributed by atoms with Gasteiger partial charge in [-0.05, 0) is 12.2 Å². The van der Waals surface area contributed by atoms with Gasteiger partial charge in [-0.25, -0.2) is 4.98 Å². The maximum absolute atomic E-state index is 11.1. The number of allylic oxidation sites excluding steroid dienone is 1. The molecule has 0 aliphatic heterocycles. The molecule has 0 N–H and O–H groups in total. The number of thiazole rings is 1. The predicted octanol–water partition coefficient (Wildman–Crippen LogP) is 2.38. The predicted molar refractivity (Wildman–Crippen MR) is 51.0 cm³/mol. The van der Waals surface area contributed by atoms with E-state index < -0.39 is 0 Å². The molecular weight excluding hydrogens is 170 g/mol. The number of rotatable bonds is 3. The summed E-state index contributed by atoms with van der Waals surface area (Å²) in [5.41, 5.74) is 2.61. The lowest BCUT2D eigenvalue weighted by Crippen LogP contribution is -2.01. The van der Waals surface area contributed by atoms with Gasteiger partial charge in [-0.15, -0.1) is 11.3 Å². The average Bonchev–Trinajstić information content (AvgIpc) is 2.51. The Bertz CT molecular complexity index is 275. The number of hydrogen-bond acceptors (Lipinski definition) is 3. The van der Waals surface area contributed by atoms with Crippen molar-refractivity contribution in [2.75, 3.05) is 0 Å². The van der Waals surface area contributed by atoms with Crippen LogP contribution in [0.3, 0.4) is 0 Å². The summed E-state index contributed by atoms with van der Waals surface area (Å²) in [7, 11) is 0. The van der Waals surface area contributed by atoms with Gasteiger partial charge >= 0.3 is 0 Å². The first-order valence-electron chi connectivity index (χ1n) is 3.80. The van der Waals surface area contributed by atoms with E-state index in [2.05, 4.69) is 4.98 Å². The average molecular weight is 181 g/mol. The molecule has 0 unspecified atom stereocenters. The summed E-state index contributed by atoms with van der Waals surface area (Å²) in [5, 5.41) is 1.91. The van der Waals surface area contributed by atoms with Crippen LogP contribution in [0.4, 0.5) is 0 Å². The molecule has 64 valence electrons. The molecular formula is C9H11NOS. The van der Waals surface area contributed by atoms with Crippen molar-refractivity contribution in [1.29, 1.82) is 0 Å². The van der Waals surface area contributed by atoms with Gasteiger partial charge < -0.3 is 0 Å². The summed E-state index contributed by atoms with van der Waals surface area (Å²) >= 11 is 1.53. The van der Waals surface area contributed by atoms with Crippen LogP contribution in [0.1, 0.15) is 19.5 Å². The van der Waals surface area contributed by atoms with Crippen molar-refractivity contribution in [2.45, 2.75) is 13.8 Å². The van der Waals surface area contributed by atoms with Crippen molar-refractivity contribution in [3.63, 3.8) is 0 Å². The molecule has 1 aromatic heterocycles. The molecule has 0 atom stereocenters. The van der Waals surface area contributed by atoms with Crippen LogP contribution in [0.5, 0.6) is 0 Å². The summed E-state index contributed by atoms with van der Waals surface area (Å²) < 4.78 is 0. The van der Waals surface area contributed by atoms with Crippen LogP contribution in [0.2, 0.25) is 0 Å². The number of aromatic nitrogens is 1. The second kappa shape index (κ2) is 4.16. The number of hydrogen-bond donors (Lipinski definition) is 0. The largest absolute Gasteiger partial charge is 0.295 e. The molecule has 1 rings (SSSR count). The standard InChI is InChI=1S/C9H11NOS/c1-7(2)9(11)4-3-8-5-12-6-10-8/h3-7H,1-2H3/b4-3+. The van der Waals surface area contributed by atoms with E-state index in [1.807, 2.05) is 19.2 Å². The maximum atomic E-state index is 11.1. The van der Waals surface area contributed by atoms with Gasteiger partial charge in [0.05, 0.1) is 11.2 Å².